The molecule has 5 rings (SSSR count). The van der Waals surface area contributed by atoms with E-state index in [-0.39, 0.29) is 17.8 Å². The van der Waals surface area contributed by atoms with E-state index in [1.165, 1.54) is 12.1 Å². The number of aryl methyl sites for hydroxylation is 1. The summed E-state index contributed by atoms with van der Waals surface area (Å²) in [7, 11) is 0. The maximum absolute atomic E-state index is 13.6. The number of aromatic nitrogens is 2. The Bertz CT molecular complexity index is 1130. The molecule has 2 aromatic carbocycles. The second kappa shape index (κ2) is 8.98. The van der Waals surface area contributed by atoms with E-state index >= 15 is 0 Å². The van der Waals surface area contributed by atoms with E-state index in [1.807, 2.05) is 46.9 Å². The predicted molar refractivity (Wildman–Crippen MR) is 122 cm³/mol. The fraction of sp³-hybridized carbons (Fsp3) is 0.385. The van der Waals surface area contributed by atoms with Gasteiger partial charge in [0.15, 0.2) is 0 Å². The number of likely N-dealkylation sites (tertiary alicyclic amines) is 1. The number of halogens is 1. The molecule has 7 heteroatoms. The number of nitrogens with zero attached hydrogens (tertiary/aromatic N) is 3. The maximum Gasteiger partial charge on any atom is 0.254 e. The number of imidazole rings is 1. The molecule has 0 unspecified atom stereocenters. The van der Waals surface area contributed by atoms with Crippen molar-refractivity contribution in [3.63, 3.8) is 0 Å². The highest BCUT2D eigenvalue weighted by molar-refractivity contribution is 5.95. The lowest BCUT2D eigenvalue weighted by molar-refractivity contribution is -0.0453. The average Bonchev–Trinajstić information content (AvgIpc) is 3.41. The van der Waals surface area contributed by atoms with E-state index in [1.54, 1.807) is 18.3 Å². The Balaban J connectivity index is 1.28. The average molecular weight is 450 g/mol. The van der Waals surface area contributed by atoms with Crippen LogP contribution in [0.1, 0.15) is 41.0 Å². The largest absolute Gasteiger partial charge is 0.488 e. The smallest absolute Gasteiger partial charge is 0.254 e. The van der Waals surface area contributed by atoms with Gasteiger partial charge in [-0.3, -0.25) is 4.79 Å². The van der Waals surface area contributed by atoms with Crippen molar-refractivity contribution in [1.82, 2.24) is 14.5 Å². The van der Waals surface area contributed by atoms with Crippen LogP contribution in [0.25, 0.3) is 0 Å². The second-order valence-electron chi connectivity index (χ2n) is 8.98. The number of hydrogen-bond donors (Lipinski definition) is 0. The highest BCUT2D eigenvalue weighted by atomic mass is 19.1. The molecule has 0 saturated carbocycles. The zero-order valence-electron chi connectivity index (χ0n) is 18.7. The lowest BCUT2D eigenvalue weighted by Gasteiger charge is -2.39. The number of hydrogen-bond acceptors (Lipinski definition) is 4. The highest BCUT2D eigenvalue weighted by Crippen LogP contribution is 2.37. The van der Waals surface area contributed by atoms with Gasteiger partial charge in [-0.1, -0.05) is 18.2 Å². The van der Waals surface area contributed by atoms with Crippen LogP contribution in [-0.2, 0) is 11.3 Å². The molecule has 2 atom stereocenters. The SMILES string of the molecule is Cc1nccn1Cc1ccccc1C(=O)N1CCC[C@]2(C[C@@H](Oc3ccc(F)cc3)CO2)C1. The molecule has 0 aliphatic carbocycles. The van der Waals surface area contributed by atoms with Crippen LogP contribution in [0.15, 0.2) is 60.9 Å². The van der Waals surface area contributed by atoms with Crippen LogP contribution in [0.4, 0.5) is 4.39 Å². The Morgan fingerprint density at radius 2 is 2.06 bits per heavy atom. The Hall–Kier alpha value is -3.19. The first-order valence-electron chi connectivity index (χ1n) is 11.4. The van der Waals surface area contributed by atoms with Gasteiger partial charge >= 0.3 is 0 Å². The number of carbonyl (C=O) groups is 1. The van der Waals surface area contributed by atoms with Gasteiger partial charge in [0, 0.05) is 37.5 Å². The third-order valence-corrected chi connectivity index (χ3v) is 6.63. The molecular formula is C26H28FN3O3. The number of benzene rings is 2. The normalized spacial score (nSPS) is 22.6. The third kappa shape index (κ3) is 4.64. The molecular weight excluding hydrogens is 421 g/mol. The van der Waals surface area contributed by atoms with Gasteiger partial charge in [0.1, 0.15) is 23.5 Å². The van der Waals surface area contributed by atoms with Crippen molar-refractivity contribution < 1.29 is 18.7 Å². The van der Waals surface area contributed by atoms with Crippen LogP contribution in [0.5, 0.6) is 5.75 Å². The van der Waals surface area contributed by atoms with Gasteiger partial charge < -0.3 is 18.9 Å². The molecule has 0 N–H and O–H groups in total. The molecule has 0 bridgehead atoms. The number of rotatable bonds is 5. The van der Waals surface area contributed by atoms with E-state index < -0.39 is 5.60 Å². The third-order valence-electron chi connectivity index (χ3n) is 6.63. The van der Waals surface area contributed by atoms with Crippen molar-refractivity contribution >= 4 is 5.91 Å². The molecule has 172 valence electrons. The summed E-state index contributed by atoms with van der Waals surface area (Å²) in [4.78, 5) is 19.8. The van der Waals surface area contributed by atoms with E-state index in [0.717, 1.165) is 29.8 Å². The zero-order valence-corrected chi connectivity index (χ0v) is 18.7. The molecule has 33 heavy (non-hydrogen) atoms. The first-order chi connectivity index (χ1) is 16.0. The summed E-state index contributed by atoms with van der Waals surface area (Å²) in [5, 5.41) is 0. The summed E-state index contributed by atoms with van der Waals surface area (Å²) in [6, 6.07) is 13.8. The molecule has 1 aromatic heterocycles. The molecule has 6 nitrogen and oxygen atoms in total. The van der Waals surface area contributed by atoms with Gasteiger partial charge in [-0.05, 0) is 55.7 Å². The number of carbonyl (C=O) groups excluding carboxylic acids is 1. The van der Waals surface area contributed by atoms with Gasteiger partial charge in [0.05, 0.1) is 18.8 Å². The van der Waals surface area contributed by atoms with Crippen molar-refractivity contribution in [2.45, 2.75) is 44.4 Å². The van der Waals surface area contributed by atoms with E-state index in [4.69, 9.17) is 9.47 Å². The van der Waals surface area contributed by atoms with Crippen molar-refractivity contribution in [2.75, 3.05) is 19.7 Å². The molecule has 1 spiro atoms. The minimum atomic E-state index is -0.394. The minimum Gasteiger partial charge on any atom is -0.488 e. The predicted octanol–water partition coefficient (Wildman–Crippen LogP) is 4.22. The zero-order chi connectivity index (χ0) is 22.8. The maximum atomic E-state index is 13.6. The Morgan fingerprint density at radius 1 is 1.24 bits per heavy atom. The first kappa shape index (κ1) is 21.6. The summed E-state index contributed by atoms with van der Waals surface area (Å²) < 4.78 is 27.5. The van der Waals surface area contributed by atoms with Gasteiger partial charge in [-0.15, -0.1) is 0 Å². The topological polar surface area (TPSA) is 56.6 Å². The van der Waals surface area contributed by atoms with Gasteiger partial charge in [0.2, 0.25) is 0 Å². The van der Waals surface area contributed by atoms with Crippen molar-refractivity contribution in [3.05, 3.63) is 83.7 Å². The van der Waals surface area contributed by atoms with Crippen molar-refractivity contribution in [3.8, 4) is 5.75 Å². The highest BCUT2D eigenvalue weighted by Gasteiger charge is 2.45. The van der Waals surface area contributed by atoms with Crippen LogP contribution >= 0.6 is 0 Å². The van der Waals surface area contributed by atoms with Crippen LogP contribution in [0, 0.1) is 12.7 Å². The van der Waals surface area contributed by atoms with Crippen LogP contribution in [-0.4, -0.2) is 51.8 Å². The molecule has 3 heterocycles. The van der Waals surface area contributed by atoms with Crippen LogP contribution < -0.4 is 4.74 Å². The fourth-order valence-electron chi connectivity index (χ4n) is 4.93. The molecule has 3 aromatic rings. The Kier molecular flexibility index (Phi) is 5.89. The standard InChI is InChI=1S/C26H28FN3O3/c1-19-28-12-14-29(19)16-20-5-2-3-6-24(20)25(31)30-13-4-11-26(18-30)15-23(17-32-26)33-22-9-7-21(27)8-10-22/h2-3,5-10,12,14,23H,4,11,13,15-18H2,1H3/t23-,26+/m1/s1. The Labute approximate surface area is 193 Å². The molecule has 2 aliphatic heterocycles. The summed E-state index contributed by atoms with van der Waals surface area (Å²) in [6.07, 6.45) is 6.09. The summed E-state index contributed by atoms with van der Waals surface area (Å²) in [6.45, 7) is 4.30. The van der Waals surface area contributed by atoms with E-state index in [9.17, 15) is 9.18 Å². The van der Waals surface area contributed by atoms with Crippen molar-refractivity contribution in [2.24, 2.45) is 0 Å². The molecule has 2 aliphatic rings. The molecule has 1 amide bonds. The summed E-state index contributed by atoms with van der Waals surface area (Å²) in [5.41, 5.74) is 1.31. The van der Waals surface area contributed by atoms with Gasteiger partial charge in [-0.25, -0.2) is 9.37 Å². The fourth-order valence-corrected chi connectivity index (χ4v) is 4.93. The lowest BCUT2D eigenvalue weighted by atomic mass is 9.88. The minimum absolute atomic E-state index is 0.0361. The lowest BCUT2D eigenvalue weighted by Crippen LogP contribution is -2.50. The van der Waals surface area contributed by atoms with Crippen LogP contribution in [0.2, 0.25) is 0 Å². The van der Waals surface area contributed by atoms with Gasteiger partial charge in [-0.2, -0.15) is 0 Å². The number of amides is 1. The summed E-state index contributed by atoms with van der Waals surface area (Å²) >= 11 is 0. The molecule has 0 radical (unpaired) electrons. The van der Waals surface area contributed by atoms with E-state index in [0.29, 0.717) is 38.4 Å². The molecule has 2 saturated heterocycles. The van der Waals surface area contributed by atoms with Crippen LogP contribution in [0.3, 0.4) is 0 Å². The first-order valence-corrected chi connectivity index (χ1v) is 11.4. The number of piperidine rings is 1. The van der Waals surface area contributed by atoms with E-state index in [2.05, 4.69) is 4.98 Å². The van der Waals surface area contributed by atoms with Gasteiger partial charge in [0.25, 0.3) is 5.91 Å². The second-order valence-corrected chi connectivity index (χ2v) is 8.98. The molecule has 2 fully saturated rings. The monoisotopic (exact) mass is 449 g/mol. The number of ether oxygens (including phenoxy) is 2. The van der Waals surface area contributed by atoms with Crippen molar-refractivity contribution in [1.29, 1.82) is 0 Å². The summed E-state index contributed by atoms with van der Waals surface area (Å²) in [5.74, 6) is 1.30. The Morgan fingerprint density at radius 3 is 2.85 bits per heavy atom. The quantitative estimate of drug-likeness (QED) is 0.585.